The number of alkyl halides is 3. The molecule has 0 atom stereocenters. The molecule has 0 radical (unpaired) electrons. The predicted octanol–water partition coefficient (Wildman–Crippen LogP) is -0.158. The van der Waals surface area contributed by atoms with Crippen LogP contribution in [0.5, 0.6) is 5.75 Å². The average Bonchev–Trinajstić information content (AvgIpc) is 2.25. The van der Waals surface area contributed by atoms with Gasteiger partial charge in [-0.25, -0.2) is 4.39 Å². The van der Waals surface area contributed by atoms with Gasteiger partial charge in [0.2, 0.25) is 0 Å². The molecule has 0 unspecified atom stereocenters. The summed E-state index contributed by atoms with van der Waals surface area (Å²) in [6.07, 6.45) is -4.47. The van der Waals surface area contributed by atoms with Gasteiger partial charge in [-0.3, -0.25) is 0 Å². The van der Waals surface area contributed by atoms with E-state index >= 15 is 0 Å². The smallest absolute Gasteiger partial charge is 0.491 e. The Kier molecular flexibility index (Phi) is 8.81. The topological polar surface area (TPSA) is 18.5 Å². The SMILES string of the molecule is Fc1cc(OCCOCC(F)(F)F)ccc1[B-](F)(F)F.[K+]. The maximum absolute atomic E-state index is 13.1. The molecule has 0 amide bonds. The van der Waals surface area contributed by atoms with Gasteiger partial charge in [0.1, 0.15) is 19.0 Å². The molecular weight excluding hydrogens is 335 g/mol. The summed E-state index contributed by atoms with van der Waals surface area (Å²) in [5.74, 6) is -1.71. The molecule has 0 saturated carbocycles. The zero-order chi connectivity index (χ0) is 15.4. The van der Waals surface area contributed by atoms with Gasteiger partial charge in [-0.2, -0.15) is 13.2 Å². The summed E-state index contributed by atoms with van der Waals surface area (Å²) in [6.45, 7) is -7.69. The van der Waals surface area contributed by atoms with E-state index in [9.17, 15) is 30.5 Å². The summed E-state index contributed by atoms with van der Waals surface area (Å²) in [7, 11) is 0. The zero-order valence-electron chi connectivity index (χ0n) is 10.9. The third-order valence-electron chi connectivity index (χ3n) is 2.09. The van der Waals surface area contributed by atoms with Crippen molar-refractivity contribution < 1.29 is 91.4 Å². The Morgan fingerprint density at radius 1 is 1.05 bits per heavy atom. The number of benzene rings is 1. The van der Waals surface area contributed by atoms with Crippen LogP contribution in [0.3, 0.4) is 0 Å². The Labute approximate surface area is 158 Å². The Morgan fingerprint density at radius 3 is 2.14 bits per heavy atom. The van der Waals surface area contributed by atoms with Crippen molar-refractivity contribution in [3.05, 3.63) is 24.0 Å². The van der Waals surface area contributed by atoms with Gasteiger partial charge in [0, 0.05) is 6.07 Å². The quantitative estimate of drug-likeness (QED) is 0.406. The molecular formula is C10H9BF7KO2. The summed E-state index contributed by atoms with van der Waals surface area (Å²) in [5.41, 5.74) is -1.38. The predicted molar refractivity (Wildman–Crippen MR) is 57.5 cm³/mol. The van der Waals surface area contributed by atoms with Gasteiger partial charge in [0.15, 0.2) is 0 Å². The van der Waals surface area contributed by atoms with E-state index in [4.69, 9.17) is 4.74 Å². The maximum atomic E-state index is 13.1. The largest absolute Gasteiger partial charge is 1.00 e. The van der Waals surface area contributed by atoms with Gasteiger partial charge < -0.3 is 22.4 Å². The first kappa shape index (κ1) is 21.2. The first-order valence-electron chi connectivity index (χ1n) is 5.36. The minimum atomic E-state index is -5.46. The van der Waals surface area contributed by atoms with E-state index < -0.39 is 37.6 Å². The Morgan fingerprint density at radius 2 is 1.67 bits per heavy atom. The molecule has 1 aromatic rings. The van der Waals surface area contributed by atoms with Gasteiger partial charge in [-0.15, -0.1) is 0 Å². The van der Waals surface area contributed by atoms with Crippen LogP contribution in [-0.2, 0) is 4.74 Å². The van der Waals surface area contributed by atoms with Crippen molar-refractivity contribution in [1.29, 1.82) is 0 Å². The second-order valence-corrected chi connectivity index (χ2v) is 3.77. The Hall–Kier alpha value is 0.191. The third-order valence-corrected chi connectivity index (χ3v) is 2.09. The first-order chi connectivity index (χ1) is 9.09. The molecule has 0 aliphatic heterocycles. The molecule has 0 fully saturated rings. The van der Waals surface area contributed by atoms with Crippen LogP contribution in [0.25, 0.3) is 0 Å². The van der Waals surface area contributed by atoms with Crippen LogP contribution in [0.4, 0.5) is 30.5 Å². The van der Waals surface area contributed by atoms with E-state index in [0.717, 1.165) is 6.07 Å². The van der Waals surface area contributed by atoms with Crippen LogP contribution in [0.1, 0.15) is 0 Å². The molecule has 0 aliphatic rings. The average molecular weight is 344 g/mol. The summed E-state index contributed by atoms with van der Waals surface area (Å²) in [6, 6.07) is 1.92. The number of rotatable bonds is 6. The molecule has 0 aliphatic carbocycles. The molecule has 1 aromatic carbocycles. The fraction of sp³-hybridized carbons (Fsp3) is 0.400. The van der Waals surface area contributed by atoms with Crippen molar-refractivity contribution in [1.82, 2.24) is 0 Å². The minimum absolute atomic E-state index is 0. The first-order valence-corrected chi connectivity index (χ1v) is 5.36. The number of ether oxygens (including phenoxy) is 2. The van der Waals surface area contributed by atoms with E-state index in [1.807, 2.05) is 0 Å². The van der Waals surface area contributed by atoms with Crippen LogP contribution < -0.4 is 61.6 Å². The molecule has 0 N–H and O–H groups in total. The molecule has 11 heteroatoms. The van der Waals surface area contributed by atoms with E-state index in [1.165, 1.54) is 0 Å². The molecule has 0 heterocycles. The Balaban J connectivity index is 0.00000400. The van der Waals surface area contributed by atoms with E-state index in [2.05, 4.69) is 4.74 Å². The van der Waals surface area contributed by atoms with Gasteiger partial charge >= 0.3 is 64.5 Å². The van der Waals surface area contributed by atoms with Crippen LogP contribution >= 0.6 is 0 Å². The van der Waals surface area contributed by atoms with Gasteiger partial charge in [0.05, 0.1) is 12.4 Å². The number of halogens is 7. The van der Waals surface area contributed by atoms with Crippen molar-refractivity contribution in [3.63, 3.8) is 0 Å². The molecule has 0 bridgehead atoms. The second kappa shape index (κ2) is 8.73. The minimum Gasteiger partial charge on any atom is -0.491 e. The van der Waals surface area contributed by atoms with Gasteiger partial charge in [0.25, 0.3) is 0 Å². The summed E-state index contributed by atoms with van der Waals surface area (Å²) >= 11 is 0. The summed E-state index contributed by atoms with van der Waals surface area (Å²) in [5, 5.41) is 0. The van der Waals surface area contributed by atoms with E-state index in [0.29, 0.717) is 12.1 Å². The Bertz CT molecular complexity index is 450. The zero-order valence-corrected chi connectivity index (χ0v) is 14.0. The third kappa shape index (κ3) is 8.41. The fourth-order valence-electron chi connectivity index (χ4n) is 1.27. The van der Waals surface area contributed by atoms with Crippen LogP contribution in [-0.4, -0.2) is 33.0 Å². The van der Waals surface area contributed by atoms with Crippen LogP contribution in [0, 0.1) is 5.82 Å². The van der Waals surface area contributed by atoms with Gasteiger partial charge in [-0.05, 0) is 6.07 Å². The molecule has 21 heavy (non-hydrogen) atoms. The fourth-order valence-corrected chi connectivity index (χ4v) is 1.27. The molecule has 0 aromatic heterocycles. The van der Waals surface area contributed by atoms with Crippen molar-refractivity contribution >= 4 is 12.4 Å². The van der Waals surface area contributed by atoms with Crippen molar-refractivity contribution in [2.75, 3.05) is 19.8 Å². The molecule has 2 nitrogen and oxygen atoms in total. The summed E-state index contributed by atoms with van der Waals surface area (Å²) < 4.78 is 94.1. The van der Waals surface area contributed by atoms with Crippen LogP contribution in [0.2, 0.25) is 0 Å². The van der Waals surface area contributed by atoms with Crippen molar-refractivity contribution in [2.45, 2.75) is 6.18 Å². The van der Waals surface area contributed by atoms with Crippen LogP contribution in [0.15, 0.2) is 18.2 Å². The number of hydrogen-bond acceptors (Lipinski definition) is 2. The van der Waals surface area contributed by atoms with E-state index in [-0.39, 0.29) is 63.7 Å². The monoisotopic (exact) mass is 344 g/mol. The van der Waals surface area contributed by atoms with E-state index in [1.54, 1.807) is 0 Å². The summed E-state index contributed by atoms with van der Waals surface area (Å²) in [4.78, 5) is 0. The van der Waals surface area contributed by atoms with Crippen molar-refractivity contribution in [3.8, 4) is 5.75 Å². The number of hydrogen-bond donors (Lipinski definition) is 0. The normalized spacial score (nSPS) is 12.0. The molecule has 0 spiro atoms. The second-order valence-electron chi connectivity index (χ2n) is 3.77. The molecule has 0 saturated heterocycles. The molecule has 114 valence electrons. The maximum Gasteiger partial charge on any atom is 1.00 e. The van der Waals surface area contributed by atoms with Crippen molar-refractivity contribution in [2.24, 2.45) is 0 Å². The molecule has 1 rings (SSSR count). The van der Waals surface area contributed by atoms with Gasteiger partial charge in [-0.1, -0.05) is 11.5 Å². The standard InChI is InChI=1S/C10H9BF7O2.K/c12-9-5-7(1-2-8(9)11(16,17)18)20-4-3-19-6-10(13,14)15;/h1-2,5H,3-4,6H2;/q-1;+1.